The van der Waals surface area contributed by atoms with Gasteiger partial charge in [-0.2, -0.15) is 0 Å². The second-order valence-electron chi connectivity index (χ2n) is 20.0. The smallest absolute Gasteiger partial charge is 0.248 e. The van der Waals surface area contributed by atoms with Gasteiger partial charge in [0, 0.05) is 38.3 Å². The van der Waals surface area contributed by atoms with Gasteiger partial charge in [0.25, 0.3) is 0 Å². The second-order valence-corrected chi connectivity index (χ2v) is 20.0. The molecule has 406 valence electrons. The molecule has 7 amide bonds. The zero-order valence-electron chi connectivity index (χ0n) is 41.9. The van der Waals surface area contributed by atoms with Crippen molar-refractivity contribution in [2.75, 3.05) is 13.1 Å². The summed E-state index contributed by atoms with van der Waals surface area (Å²) in [6.45, 7) is 7.24. The van der Waals surface area contributed by atoms with Gasteiger partial charge in [0.1, 0.15) is 60.3 Å². The van der Waals surface area contributed by atoms with E-state index < -0.39 is 152 Å². The maximum Gasteiger partial charge on any atom is 0.248 e. The molecule has 0 saturated carbocycles. The van der Waals surface area contributed by atoms with Crippen molar-refractivity contribution in [3.63, 3.8) is 0 Å². The average Bonchev–Trinajstić information content (AvgIpc) is 3.88. The Morgan fingerprint density at radius 2 is 1.22 bits per heavy atom. The summed E-state index contributed by atoms with van der Waals surface area (Å²) in [5.41, 5.74) is -0.0592. The molecule has 23 heteroatoms. The molecule has 1 aromatic rings. The Bertz CT molecular complexity index is 1980. The number of hydrogen-bond donors (Lipinski definition) is 14. The number of unbranched alkanes of at least 4 members (excludes halogenated alkanes) is 7. The first-order valence-electron chi connectivity index (χ1n) is 25.3. The predicted octanol–water partition coefficient (Wildman–Crippen LogP) is -2.20. The van der Waals surface area contributed by atoms with Crippen LogP contribution in [-0.2, 0) is 33.6 Å². The molecule has 1 aromatic carbocycles. The first-order valence-corrected chi connectivity index (χ1v) is 25.3. The van der Waals surface area contributed by atoms with Gasteiger partial charge in [-0.3, -0.25) is 33.6 Å². The third-order valence-electron chi connectivity index (χ3n) is 14.0. The summed E-state index contributed by atoms with van der Waals surface area (Å²) in [7, 11) is 0. The van der Waals surface area contributed by atoms with Crippen molar-refractivity contribution in [1.29, 1.82) is 0 Å². The van der Waals surface area contributed by atoms with Crippen LogP contribution in [0.4, 0.5) is 0 Å². The number of carbonyl (C=O) groups excluding carboxylic acids is 7. The normalized spacial score (nSPS) is 30.4. The lowest BCUT2D eigenvalue weighted by Gasteiger charge is -2.34. The minimum Gasteiger partial charge on any atom is -0.508 e. The summed E-state index contributed by atoms with van der Waals surface area (Å²) in [5.74, 6) is -8.22. The molecule has 3 fully saturated rings. The van der Waals surface area contributed by atoms with E-state index in [1.807, 2.05) is 0 Å². The maximum atomic E-state index is 14.3. The van der Waals surface area contributed by atoms with Crippen LogP contribution in [0.5, 0.6) is 5.75 Å². The number of hydrogen-bond acceptors (Lipinski definition) is 16. The molecular formula is C49H79N7O16. The Hall–Kier alpha value is -5.01. The maximum absolute atomic E-state index is 14.3. The molecule has 0 bridgehead atoms. The number of amides is 7. The van der Waals surface area contributed by atoms with Crippen molar-refractivity contribution in [2.45, 2.75) is 203 Å². The summed E-state index contributed by atoms with van der Waals surface area (Å²) in [6.07, 6.45) is -6.48. The Labute approximate surface area is 420 Å². The highest BCUT2D eigenvalue weighted by Gasteiger charge is 2.50. The van der Waals surface area contributed by atoms with E-state index in [2.05, 4.69) is 40.4 Å². The summed E-state index contributed by atoms with van der Waals surface area (Å²) in [4.78, 5) is 100. The molecule has 16 atom stereocenters. The molecule has 23 nitrogen and oxygen atoms in total. The zero-order chi connectivity index (χ0) is 53.6. The number of fused-ring (bicyclic) bond motifs is 2. The summed E-state index contributed by atoms with van der Waals surface area (Å²) >= 11 is 0. The highest BCUT2D eigenvalue weighted by atomic mass is 16.3. The van der Waals surface area contributed by atoms with Crippen molar-refractivity contribution in [3.8, 4) is 5.75 Å². The van der Waals surface area contributed by atoms with Gasteiger partial charge in [0.15, 0.2) is 6.23 Å². The highest BCUT2D eigenvalue weighted by Crippen LogP contribution is 2.28. The number of aromatic hydroxyl groups is 1. The monoisotopic (exact) mass is 1020 g/mol. The number of nitrogens with one attached hydrogen (secondary N) is 5. The largest absolute Gasteiger partial charge is 0.508 e. The highest BCUT2D eigenvalue weighted by molar-refractivity contribution is 5.98. The Morgan fingerprint density at radius 3 is 1.81 bits per heavy atom. The van der Waals surface area contributed by atoms with Gasteiger partial charge in [-0.15, -0.1) is 0 Å². The van der Waals surface area contributed by atoms with Crippen LogP contribution in [0.25, 0.3) is 0 Å². The minimum absolute atomic E-state index is 0.0522. The fourth-order valence-electron chi connectivity index (χ4n) is 9.33. The van der Waals surface area contributed by atoms with E-state index in [1.165, 1.54) is 31.9 Å². The molecule has 3 heterocycles. The van der Waals surface area contributed by atoms with E-state index in [0.29, 0.717) is 18.8 Å². The molecule has 72 heavy (non-hydrogen) atoms. The van der Waals surface area contributed by atoms with Gasteiger partial charge < -0.3 is 82.3 Å². The topological polar surface area (TPSA) is 368 Å². The van der Waals surface area contributed by atoms with E-state index in [0.717, 1.165) is 74.3 Å². The quantitative estimate of drug-likeness (QED) is 0.0694. The van der Waals surface area contributed by atoms with E-state index in [1.54, 1.807) is 0 Å². The van der Waals surface area contributed by atoms with Crippen LogP contribution in [0, 0.1) is 11.8 Å². The number of aliphatic hydroxyl groups excluding tert-OH is 8. The molecule has 14 N–H and O–H groups in total. The third-order valence-corrected chi connectivity index (χ3v) is 14.0. The van der Waals surface area contributed by atoms with Crippen LogP contribution in [-0.4, -0.2) is 189 Å². The Kier molecular flexibility index (Phi) is 23.1. The van der Waals surface area contributed by atoms with Crippen molar-refractivity contribution in [1.82, 2.24) is 36.4 Å². The molecule has 4 rings (SSSR count). The predicted molar refractivity (Wildman–Crippen MR) is 257 cm³/mol. The van der Waals surface area contributed by atoms with Crippen LogP contribution in [0.15, 0.2) is 24.3 Å². The first kappa shape index (κ1) is 59.6. The van der Waals surface area contributed by atoms with Crippen LogP contribution in [0.3, 0.4) is 0 Å². The molecule has 3 aliphatic rings. The second kappa shape index (κ2) is 27.9. The van der Waals surface area contributed by atoms with Gasteiger partial charge in [0.05, 0.1) is 24.4 Å². The SMILES string of the molecule is CCC(C)CCCCCCCCCCC(=O)NC1CC(O)C(O)NC(=O)C2C(O)C(C)CN2C(=O)C(C(C)O)NC(=O)C(C(O)C(O)c2ccc(O)cc2)NC(=O)C2CC(O)CN2C(=O)C(C(C)O)NC1=O. The molecule has 0 aromatic heterocycles. The summed E-state index contributed by atoms with van der Waals surface area (Å²) in [5, 5.41) is 110. The van der Waals surface area contributed by atoms with Gasteiger partial charge >= 0.3 is 0 Å². The summed E-state index contributed by atoms with van der Waals surface area (Å²) < 4.78 is 0. The van der Waals surface area contributed by atoms with Crippen molar-refractivity contribution < 1.29 is 79.5 Å². The number of phenolic OH excluding ortho intramolecular Hbond substituents is 1. The van der Waals surface area contributed by atoms with E-state index >= 15 is 0 Å². The molecule has 0 spiro atoms. The lowest BCUT2D eigenvalue weighted by atomic mass is 9.96. The van der Waals surface area contributed by atoms with Crippen molar-refractivity contribution >= 4 is 41.4 Å². The van der Waals surface area contributed by atoms with E-state index in [9.17, 15) is 79.5 Å². The molecule has 3 saturated heterocycles. The van der Waals surface area contributed by atoms with Crippen LogP contribution in [0.1, 0.15) is 130 Å². The van der Waals surface area contributed by atoms with Crippen molar-refractivity contribution in [2.24, 2.45) is 11.8 Å². The lowest BCUT2D eigenvalue weighted by Crippen LogP contribution is -2.64. The fraction of sp³-hybridized carbons (Fsp3) is 0.735. The van der Waals surface area contributed by atoms with E-state index in [4.69, 9.17) is 0 Å². The van der Waals surface area contributed by atoms with E-state index in [-0.39, 0.29) is 24.3 Å². The van der Waals surface area contributed by atoms with Gasteiger partial charge in [-0.25, -0.2) is 0 Å². The molecule has 0 aliphatic carbocycles. The van der Waals surface area contributed by atoms with Crippen molar-refractivity contribution in [3.05, 3.63) is 29.8 Å². The summed E-state index contributed by atoms with van der Waals surface area (Å²) in [6, 6.07) is -6.57. The molecule has 16 unspecified atom stereocenters. The lowest BCUT2D eigenvalue weighted by molar-refractivity contribution is -0.148. The molecular weight excluding hydrogens is 943 g/mol. The van der Waals surface area contributed by atoms with Crippen LogP contribution < -0.4 is 26.6 Å². The Morgan fingerprint density at radius 1 is 0.681 bits per heavy atom. The minimum atomic E-state index is -2.27. The van der Waals surface area contributed by atoms with Gasteiger partial charge in [0.2, 0.25) is 41.4 Å². The molecule has 0 radical (unpaired) electrons. The van der Waals surface area contributed by atoms with Gasteiger partial charge in [-0.1, -0.05) is 90.7 Å². The molecule has 3 aliphatic heterocycles. The van der Waals surface area contributed by atoms with Gasteiger partial charge in [-0.05, 0) is 43.9 Å². The number of phenols is 1. The van der Waals surface area contributed by atoms with Crippen LogP contribution in [0.2, 0.25) is 0 Å². The fourth-order valence-corrected chi connectivity index (χ4v) is 9.33. The number of benzene rings is 1. The number of nitrogens with zero attached hydrogens (tertiary/aromatic N) is 2. The standard InChI is InChI=1S/C49H79N7O16/c1-6-25(2)15-13-11-9-7-8-10-12-14-16-35(62)50-32-22-34(61)45(68)54-47(70)39-40(63)26(3)23-56(39)49(72)37(28(5)58)52-46(69)38(42(65)41(64)29-17-19-30(59)20-18-29)53-44(67)33-21-31(60)24-55(33)48(71)36(27(4)57)51-43(32)66/h17-20,25-28,31-34,36-42,45,57-61,63-65,68H,6-16,21-24H2,1-5H3,(H,50,62)(H,51,66)(H,52,69)(H,53,67)(H,54,70). The first-order chi connectivity index (χ1) is 34.0. The number of rotatable bonds is 18. The number of carbonyl (C=O) groups is 7. The van der Waals surface area contributed by atoms with Crippen LogP contribution >= 0.6 is 0 Å². The Balaban J connectivity index is 1.67. The number of aliphatic hydroxyl groups is 8. The third kappa shape index (κ3) is 16.2. The zero-order valence-corrected chi connectivity index (χ0v) is 41.9. The average molecular weight is 1020 g/mol.